The van der Waals surface area contributed by atoms with Crippen LogP contribution in [0.3, 0.4) is 0 Å². The zero-order valence-corrected chi connectivity index (χ0v) is 11.3. The van der Waals surface area contributed by atoms with Crippen LogP contribution in [0.4, 0.5) is 5.69 Å². The lowest BCUT2D eigenvalue weighted by Gasteiger charge is -2.16. The van der Waals surface area contributed by atoms with Crippen molar-refractivity contribution in [1.82, 2.24) is 5.32 Å². The number of carboxylic acid groups (broad SMARTS) is 1. The lowest BCUT2D eigenvalue weighted by molar-refractivity contribution is -0.137. The molecule has 1 unspecified atom stereocenters. The third-order valence-corrected chi connectivity index (χ3v) is 3.52. The van der Waals surface area contributed by atoms with Crippen molar-refractivity contribution in [2.24, 2.45) is 5.92 Å². The van der Waals surface area contributed by atoms with Gasteiger partial charge in [0.15, 0.2) is 0 Å². The van der Waals surface area contributed by atoms with Gasteiger partial charge in [-0.15, -0.1) is 0 Å². The molecule has 1 aliphatic rings. The Balaban J connectivity index is 1.80. The van der Waals surface area contributed by atoms with Gasteiger partial charge in [-0.3, -0.25) is 9.59 Å². The van der Waals surface area contributed by atoms with Gasteiger partial charge >= 0.3 is 5.97 Å². The first-order valence-electron chi connectivity index (χ1n) is 6.90. The molecule has 1 aromatic rings. The number of hydrogen-bond donors (Lipinski definition) is 3. The largest absolute Gasteiger partial charge is 0.481 e. The van der Waals surface area contributed by atoms with Crippen LogP contribution in [0.2, 0.25) is 0 Å². The molecular weight excluding hydrogens is 256 g/mol. The standard InChI is InChI=1S/C15H20N2O3/c16-12-3-1-2-10(8-12)4-7-14(18)17-13(9-15(19)20)11-5-6-11/h1-3,8,11,13H,4-7,9,16H2,(H,17,18)(H,19,20). The summed E-state index contributed by atoms with van der Waals surface area (Å²) >= 11 is 0. The number of carbonyl (C=O) groups excluding carboxylic acids is 1. The first kappa shape index (κ1) is 14.4. The van der Waals surface area contributed by atoms with Crippen molar-refractivity contribution in [3.8, 4) is 0 Å². The van der Waals surface area contributed by atoms with Gasteiger partial charge in [0.25, 0.3) is 0 Å². The number of benzene rings is 1. The van der Waals surface area contributed by atoms with Crippen LogP contribution in [0.1, 0.15) is 31.2 Å². The molecule has 0 saturated heterocycles. The van der Waals surface area contributed by atoms with Gasteiger partial charge in [0.1, 0.15) is 0 Å². The molecule has 0 bridgehead atoms. The monoisotopic (exact) mass is 276 g/mol. The molecule has 5 heteroatoms. The van der Waals surface area contributed by atoms with Crippen LogP contribution in [-0.2, 0) is 16.0 Å². The van der Waals surface area contributed by atoms with Crippen molar-refractivity contribution in [3.05, 3.63) is 29.8 Å². The van der Waals surface area contributed by atoms with E-state index < -0.39 is 5.97 Å². The van der Waals surface area contributed by atoms with Crippen molar-refractivity contribution in [2.45, 2.75) is 38.1 Å². The molecule has 20 heavy (non-hydrogen) atoms. The highest BCUT2D eigenvalue weighted by Gasteiger charge is 2.33. The molecule has 1 saturated carbocycles. The Kier molecular flexibility index (Phi) is 4.61. The van der Waals surface area contributed by atoms with Crippen LogP contribution in [0, 0.1) is 5.92 Å². The Labute approximate surface area is 118 Å². The molecule has 1 fully saturated rings. The highest BCUT2D eigenvalue weighted by atomic mass is 16.4. The maximum atomic E-state index is 11.9. The maximum absolute atomic E-state index is 11.9. The van der Waals surface area contributed by atoms with Crippen molar-refractivity contribution < 1.29 is 14.7 Å². The van der Waals surface area contributed by atoms with Crippen molar-refractivity contribution in [2.75, 3.05) is 5.73 Å². The lowest BCUT2D eigenvalue weighted by atomic mass is 10.1. The van der Waals surface area contributed by atoms with Gasteiger partial charge in [0.05, 0.1) is 6.42 Å². The first-order chi connectivity index (χ1) is 9.54. The number of aryl methyl sites for hydroxylation is 1. The van der Waals surface area contributed by atoms with E-state index >= 15 is 0 Å². The molecule has 108 valence electrons. The predicted molar refractivity (Wildman–Crippen MR) is 76.1 cm³/mol. The molecule has 0 spiro atoms. The Morgan fingerprint density at radius 2 is 2.15 bits per heavy atom. The minimum atomic E-state index is -0.863. The van der Waals surface area contributed by atoms with Crippen LogP contribution >= 0.6 is 0 Å². The van der Waals surface area contributed by atoms with Gasteiger partial charge in [0, 0.05) is 18.2 Å². The molecule has 0 aromatic heterocycles. The summed E-state index contributed by atoms with van der Waals surface area (Å²) in [6.07, 6.45) is 2.99. The van der Waals surface area contributed by atoms with Gasteiger partial charge in [0.2, 0.25) is 5.91 Å². The number of nitrogens with two attached hydrogens (primary N) is 1. The van der Waals surface area contributed by atoms with E-state index in [-0.39, 0.29) is 18.4 Å². The summed E-state index contributed by atoms with van der Waals surface area (Å²) in [5.41, 5.74) is 7.38. The number of nitrogen functional groups attached to an aromatic ring is 1. The van der Waals surface area contributed by atoms with Gasteiger partial charge in [-0.1, -0.05) is 12.1 Å². The number of carbonyl (C=O) groups is 2. The summed E-state index contributed by atoms with van der Waals surface area (Å²) in [5.74, 6) is -0.619. The molecule has 1 atom stereocenters. The Morgan fingerprint density at radius 3 is 2.75 bits per heavy atom. The van der Waals surface area contributed by atoms with Crippen LogP contribution in [0.25, 0.3) is 0 Å². The summed E-state index contributed by atoms with van der Waals surface area (Å²) < 4.78 is 0. The van der Waals surface area contributed by atoms with Gasteiger partial charge in [-0.25, -0.2) is 0 Å². The Hall–Kier alpha value is -2.04. The zero-order chi connectivity index (χ0) is 14.5. The fourth-order valence-electron chi connectivity index (χ4n) is 2.31. The summed E-state index contributed by atoms with van der Waals surface area (Å²) in [5, 5.41) is 11.7. The fourth-order valence-corrected chi connectivity index (χ4v) is 2.31. The number of rotatable bonds is 7. The lowest BCUT2D eigenvalue weighted by Crippen LogP contribution is -2.38. The van der Waals surface area contributed by atoms with E-state index in [1.54, 1.807) is 6.07 Å². The normalized spacial score (nSPS) is 15.6. The van der Waals surface area contributed by atoms with Crippen LogP contribution in [-0.4, -0.2) is 23.0 Å². The molecule has 2 rings (SSSR count). The average molecular weight is 276 g/mol. The summed E-state index contributed by atoms with van der Waals surface area (Å²) in [6, 6.07) is 7.22. The first-order valence-corrected chi connectivity index (χ1v) is 6.90. The minimum absolute atomic E-state index is 0.00862. The highest BCUT2D eigenvalue weighted by Crippen LogP contribution is 2.34. The number of carboxylic acids is 1. The number of hydrogen-bond acceptors (Lipinski definition) is 3. The number of aliphatic carboxylic acids is 1. The highest BCUT2D eigenvalue weighted by molar-refractivity contribution is 5.77. The zero-order valence-electron chi connectivity index (χ0n) is 11.3. The van der Waals surface area contributed by atoms with Gasteiger partial charge < -0.3 is 16.2 Å². The molecule has 0 radical (unpaired) electrons. The van der Waals surface area contributed by atoms with E-state index in [1.807, 2.05) is 18.2 Å². The molecular formula is C15H20N2O3. The van der Waals surface area contributed by atoms with Crippen LogP contribution in [0.15, 0.2) is 24.3 Å². The quantitative estimate of drug-likeness (QED) is 0.659. The number of nitrogens with one attached hydrogen (secondary N) is 1. The third kappa shape index (κ3) is 4.57. The van der Waals surface area contributed by atoms with E-state index in [1.165, 1.54) is 0 Å². The Bertz CT molecular complexity index is 498. The molecule has 0 heterocycles. The van der Waals surface area contributed by atoms with E-state index in [0.29, 0.717) is 24.4 Å². The second kappa shape index (κ2) is 6.41. The van der Waals surface area contributed by atoms with E-state index in [9.17, 15) is 9.59 Å². The van der Waals surface area contributed by atoms with Crippen molar-refractivity contribution >= 4 is 17.6 Å². The molecule has 1 aromatic carbocycles. The second-order valence-electron chi connectivity index (χ2n) is 5.35. The van der Waals surface area contributed by atoms with Gasteiger partial charge in [-0.05, 0) is 42.9 Å². The third-order valence-electron chi connectivity index (χ3n) is 3.52. The average Bonchev–Trinajstić information content (AvgIpc) is 3.19. The Morgan fingerprint density at radius 1 is 1.40 bits per heavy atom. The summed E-state index contributed by atoms with van der Waals surface area (Å²) in [6.45, 7) is 0. The minimum Gasteiger partial charge on any atom is -0.481 e. The number of amides is 1. The predicted octanol–water partition coefficient (Wildman–Crippen LogP) is 1.57. The van der Waals surface area contributed by atoms with E-state index in [2.05, 4.69) is 5.32 Å². The molecule has 1 aliphatic carbocycles. The second-order valence-corrected chi connectivity index (χ2v) is 5.35. The van der Waals surface area contributed by atoms with Gasteiger partial charge in [-0.2, -0.15) is 0 Å². The SMILES string of the molecule is Nc1cccc(CCC(=O)NC(CC(=O)O)C2CC2)c1. The van der Waals surface area contributed by atoms with Crippen LogP contribution < -0.4 is 11.1 Å². The molecule has 0 aliphatic heterocycles. The van der Waals surface area contributed by atoms with E-state index in [4.69, 9.17) is 10.8 Å². The molecule has 1 amide bonds. The van der Waals surface area contributed by atoms with Crippen molar-refractivity contribution in [1.29, 1.82) is 0 Å². The smallest absolute Gasteiger partial charge is 0.305 e. The number of anilines is 1. The topological polar surface area (TPSA) is 92.4 Å². The summed E-state index contributed by atoms with van der Waals surface area (Å²) in [4.78, 5) is 22.7. The molecule has 5 nitrogen and oxygen atoms in total. The van der Waals surface area contributed by atoms with Crippen molar-refractivity contribution in [3.63, 3.8) is 0 Å². The maximum Gasteiger partial charge on any atom is 0.305 e. The molecule has 4 N–H and O–H groups in total. The fraction of sp³-hybridized carbons (Fsp3) is 0.467. The summed E-state index contributed by atoms with van der Waals surface area (Å²) in [7, 11) is 0. The van der Waals surface area contributed by atoms with E-state index in [0.717, 1.165) is 18.4 Å². The van der Waals surface area contributed by atoms with Crippen LogP contribution in [0.5, 0.6) is 0 Å².